The second-order valence-electron chi connectivity index (χ2n) is 6.16. The molecule has 2 rings (SSSR count). The molecule has 0 aliphatic rings. The van der Waals surface area contributed by atoms with Gasteiger partial charge in [-0.15, -0.1) is 0 Å². The zero-order valence-corrected chi connectivity index (χ0v) is 15.8. The van der Waals surface area contributed by atoms with E-state index in [9.17, 15) is 13.2 Å². The van der Waals surface area contributed by atoms with Crippen molar-refractivity contribution in [1.29, 1.82) is 0 Å². The topological polar surface area (TPSA) is 54.7 Å². The van der Waals surface area contributed by atoms with Gasteiger partial charge in [-0.05, 0) is 19.1 Å². The Kier molecular flexibility index (Phi) is 6.70. The van der Waals surface area contributed by atoms with E-state index in [1.165, 1.54) is 13.2 Å². The Balaban J connectivity index is 1.88. The summed E-state index contributed by atoms with van der Waals surface area (Å²) in [4.78, 5) is 5.90. The second kappa shape index (κ2) is 8.79. The highest BCUT2D eigenvalue weighted by atomic mass is 19.4. The molecule has 1 N–H and O–H groups in total. The third-order valence-corrected chi connectivity index (χ3v) is 3.90. The van der Waals surface area contributed by atoms with Gasteiger partial charge < -0.3 is 15.0 Å². The number of ether oxygens (including phenoxy) is 1. The van der Waals surface area contributed by atoms with Crippen LogP contribution in [0.25, 0.3) is 0 Å². The first-order valence-corrected chi connectivity index (χ1v) is 8.41. The van der Waals surface area contributed by atoms with Gasteiger partial charge in [0.25, 0.3) is 0 Å². The van der Waals surface area contributed by atoms with Gasteiger partial charge in [0.15, 0.2) is 11.7 Å². The first-order chi connectivity index (χ1) is 12.7. The third-order valence-electron chi connectivity index (χ3n) is 3.90. The minimum absolute atomic E-state index is 0.0293. The Morgan fingerprint density at radius 3 is 2.56 bits per heavy atom. The molecular weight excluding hydrogens is 359 g/mol. The normalized spacial score (nSPS) is 12.2. The number of hydrogen-bond acceptors (Lipinski definition) is 3. The van der Waals surface area contributed by atoms with Crippen molar-refractivity contribution >= 4 is 5.96 Å². The summed E-state index contributed by atoms with van der Waals surface area (Å²) in [6.07, 6.45) is -3.14. The molecule has 0 radical (unpaired) electrons. The lowest BCUT2D eigenvalue weighted by Gasteiger charge is -2.22. The van der Waals surface area contributed by atoms with Crippen LogP contribution in [0, 0.1) is 6.92 Å². The lowest BCUT2D eigenvalue weighted by molar-refractivity contribution is -0.142. The van der Waals surface area contributed by atoms with Gasteiger partial charge in [-0.25, -0.2) is 0 Å². The summed E-state index contributed by atoms with van der Waals surface area (Å²) in [5.74, 6) is 1.24. The highest BCUT2D eigenvalue weighted by Gasteiger charge is 2.36. The molecule has 2 aromatic rings. The number of nitrogens with zero attached hydrogens (tertiary/aromatic N) is 4. The van der Waals surface area contributed by atoms with Crippen LogP contribution in [0.1, 0.15) is 16.8 Å². The summed E-state index contributed by atoms with van der Waals surface area (Å²) < 4.78 is 45.9. The average molecular weight is 383 g/mol. The second-order valence-corrected chi connectivity index (χ2v) is 6.16. The van der Waals surface area contributed by atoms with E-state index in [0.29, 0.717) is 19.1 Å². The van der Waals surface area contributed by atoms with Gasteiger partial charge in [0, 0.05) is 39.4 Å². The maximum atomic E-state index is 13.0. The number of halogens is 3. The van der Waals surface area contributed by atoms with Crippen molar-refractivity contribution in [2.45, 2.75) is 19.6 Å². The highest BCUT2D eigenvalue weighted by Crippen LogP contribution is 2.30. The van der Waals surface area contributed by atoms with E-state index in [2.05, 4.69) is 15.4 Å². The number of aryl methyl sites for hydroxylation is 2. The molecule has 0 atom stereocenters. The highest BCUT2D eigenvalue weighted by molar-refractivity contribution is 5.79. The van der Waals surface area contributed by atoms with E-state index < -0.39 is 11.9 Å². The molecule has 0 amide bonds. The maximum absolute atomic E-state index is 13.0. The minimum atomic E-state index is -4.49. The van der Waals surface area contributed by atoms with Crippen LogP contribution in [0.3, 0.4) is 0 Å². The predicted molar refractivity (Wildman–Crippen MR) is 97.7 cm³/mol. The molecule has 0 aliphatic heterocycles. The first kappa shape index (κ1) is 20.6. The monoisotopic (exact) mass is 383 g/mol. The van der Waals surface area contributed by atoms with Crippen LogP contribution in [0.2, 0.25) is 0 Å². The maximum Gasteiger partial charge on any atom is 0.435 e. The fourth-order valence-corrected chi connectivity index (χ4v) is 2.51. The lowest BCUT2D eigenvalue weighted by Crippen LogP contribution is -2.40. The summed E-state index contributed by atoms with van der Waals surface area (Å²) in [6, 6.07) is 7.71. The molecule has 0 saturated carbocycles. The fourth-order valence-electron chi connectivity index (χ4n) is 2.51. The quantitative estimate of drug-likeness (QED) is 0.616. The molecule has 9 heteroatoms. The first-order valence-electron chi connectivity index (χ1n) is 8.41. The van der Waals surface area contributed by atoms with Gasteiger partial charge in [0.1, 0.15) is 12.4 Å². The van der Waals surface area contributed by atoms with E-state index in [1.54, 1.807) is 19.0 Å². The molecule has 0 aliphatic carbocycles. The van der Waals surface area contributed by atoms with E-state index in [4.69, 9.17) is 4.74 Å². The van der Waals surface area contributed by atoms with E-state index in [-0.39, 0.29) is 12.1 Å². The van der Waals surface area contributed by atoms with Gasteiger partial charge >= 0.3 is 6.18 Å². The Bertz CT molecular complexity index is 768. The molecule has 6 nitrogen and oxygen atoms in total. The van der Waals surface area contributed by atoms with Crippen molar-refractivity contribution in [2.75, 3.05) is 27.2 Å². The number of rotatable bonds is 6. The van der Waals surface area contributed by atoms with Crippen LogP contribution in [0.5, 0.6) is 5.75 Å². The third kappa shape index (κ3) is 5.90. The van der Waals surface area contributed by atoms with Crippen molar-refractivity contribution in [2.24, 2.45) is 12.0 Å². The van der Waals surface area contributed by atoms with Gasteiger partial charge in [0.05, 0.1) is 6.54 Å². The largest absolute Gasteiger partial charge is 0.492 e. The number of hydrogen-bond donors (Lipinski definition) is 1. The SMILES string of the molecule is CN=C(NCc1cn(C)nc1C(F)(F)F)N(C)CCOc1ccc(C)cc1. The van der Waals surface area contributed by atoms with Crippen molar-refractivity contribution in [3.05, 3.63) is 47.3 Å². The van der Waals surface area contributed by atoms with Gasteiger partial charge in [-0.2, -0.15) is 18.3 Å². The van der Waals surface area contributed by atoms with Crippen LogP contribution >= 0.6 is 0 Å². The molecular formula is C18H24F3N5O. The van der Waals surface area contributed by atoms with Gasteiger partial charge in [-0.3, -0.25) is 9.67 Å². The number of alkyl halides is 3. The number of likely N-dealkylation sites (N-methyl/N-ethyl adjacent to an activating group) is 1. The summed E-state index contributed by atoms with van der Waals surface area (Å²) >= 11 is 0. The molecule has 148 valence electrons. The Labute approximate surface area is 156 Å². The van der Waals surface area contributed by atoms with Gasteiger partial charge in [-0.1, -0.05) is 17.7 Å². The van der Waals surface area contributed by atoms with Crippen LogP contribution in [-0.2, 0) is 19.8 Å². The van der Waals surface area contributed by atoms with Crippen LogP contribution < -0.4 is 10.1 Å². The lowest BCUT2D eigenvalue weighted by atomic mass is 10.2. The van der Waals surface area contributed by atoms with Crippen LogP contribution in [-0.4, -0.2) is 47.9 Å². The Hall–Kier alpha value is -2.71. The van der Waals surface area contributed by atoms with E-state index in [1.807, 2.05) is 31.2 Å². The summed E-state index contributed by atoms with van der Waals surface area (Å²) in [7, 11) is 4.83. The van der Waals surface area contributed by atoms with Crippen molar-refractivity contribution < 1.29 is 17.9 Å². The minimum Gasteiger partial charge on any atom is -0.492 e. The van der Waals surface area contributed by atoms with Crippen molar-refractivity contribution in [3.63, 3.8) is 0 Å². The molecule has 1 aromatic carbocycles. The molecule has 0 bridgehead atoms. The Morgan fingerprint density at radius 1 is 1.30 bits per heavy atom. The van der Waals surface area contributed by atoms with E-state index >= 15 is 0 Å². The average Bonchev–Trinajstić information content (AvgIpc) is 2.98. The number of aromatic nitrogens is 2. The molecule has 0 fully saturated rings. The summed E-state index contributed by atoms with van der Waals surface area (Å²) in [5, 5.41) is 6.43. The zero-order valence-electron chi connectivity index (χ0n) is 15.8. The zero-order chi connectivity index (χ0) is 20.0. The number of guanidine groups is 1. The number of benzene rings is 1. The number of nitrogens with one attached hydrogen (secondary N) is 1. The Morgan fingerprint density at radius 2 is 1.96 bits per heavy atom. The molecule has 0 unspecified atom stereocenters. The summed E-state index contributed by atoms with van der Waals surface area (Å²) in [6.45, 7) is 2.91. The predicted octanol–water partition coefficient (Wildman–Crippen LogP) is 2.83. The van der Waals surface area contributed by atoms with Crippen LogP contribution in [0.4, 0.5) is 13.2 Å². The van der Waals surface area contributed by atoms with Gasteiger partial charge in [0.2, 0.25) is 0 Å². The molecule has 0 saturated heterocycles. The van der Waals surface area contributed by atoms with Crippen LogP contribution in [0.15, 0.2) is 35.5 Å². The van der Waals surface area contributed by atoms with Crippen molar-refractivity contribution in [1.82, 2.24) is 20.0 Å². The van der Waals surface area contributed by atoms with Crippen molar-refractivity contribution in [3.8, 4) is 5.75 Å². The molecule has 1 heterocycles. The smallest absolute Gasteiger partial charge is 0.435 e. The fraction of sp³-hybridized carbons (Fsp3) is 0.444. The number of aliphatic imine (C=N–C) groups is 1. The van der Waals surface area contributed by atoms with E-state index in [0.717, 1.165) is 16.0 Å². The molecule has 27 heavy (non-hydrogen) atoms. The standard InChI is InChI=1S/C18H24F3N5O/c1-13-5-7-15(8-6-13)27-10-9-25(3)17(22-2)23-11-14-12-26(4)24-16(14)18(19,20)21/h5-8,12H,9-11H2,1-4H3,(H,22,23). The molecule has 0 spiro atoms. The molecule has 1 aromatic heterocycles. The summed E-state index contributed by atoms with van der Waals surface area (Å²) in [5.41, 5.74) is 0.325.